The number of carbonyl (C=O) groups excluding carboxylic acids is 1. The van der Waals surface area contributed by atoms with Gasteiger partial charge in [-0.15, -0.1) is 0 Å². The third-order valence-corrected chi connectivity index (χ3v) is 4.79. The molecule has 0 aromatic heterocycles. The molecular weight excluding hydrogens is 300 g/mol. The van der Waals surface area contributed by atoms with E-state index >= 15 is 0 Å². The highest BCUT2D eigenvalue weighted by Gasteiger charge is 2.24. The van der Waals surface area contributed by atoms with E-state index in [2.05, 4.69) is 10.0 Å². The number of rotatable bonds is 7. The van der Waals surface area contributed by atoms with Gasteiger partial charge in [-0.3, -0.25) is 4.79 Å². The van der Waals surface area contributed by atoms with Gasteiger partial charge in [-0.25, -0.2) is 13.1 Å². The minimum absolute atomic E-state index is 0.0576. The minimum atomic E-state index is -3.61. The van der Waals surface area contributed by atoms with Crippen LogP contribution in [0.1, 0.15) is 52.5 Å². The Morgan fingerprint density at radius 3 is 2.41 bits per heavy atom. The van der Waals surface area contributed by atoms with Crippen LogP contribution in [0.4, 0.5) is 0 Å². The summed E-state index contributed by atoms with van der Waals surface area (Å²) in [6.07, 6.45) is 2.25. The predicted molar refractivity (Wildman–Crippen MR) is 87.9 cm³/mol. The standard InChI is InChI=1S/C16H26N2O3S/c1-5-6-11-15(19)17-12-13-9-7-8-10-14(13)22(20,21)18-16(2,3)4/h7-10,18H,5-6,11-12H2,1-4H3,(H,17,19). The summed E-state index contributed by atoms with van der Waals surface area (Å²) in [5.74, 6) is -0.0576. The molecule has 22 heavy (non-hydrogen) atoms. The smallest absolute Gasteiger partial charge is 0.241 e. The maximum absolute atomic E-state index is 12.5. The predicted octanol–water partition coefficient (Wildman–Crippen LogP) is 2.57. The van der Waals surface area contributed by atoms with Gasteiger partial charge in [0.1, 0.15) is 0 Å². The molecule has 0 saturated heterocycles. The number of hydrogen-bond donors (Lipinski definition) is 2. The number of carbonyl (C=O) groups is 1. The highest BCUT2D eigenvalue weighted by molar-refractivity contribution is 7.89. The first-order valence-electron chi connectivity index (χ1n) is 7.54. The molecule has 0 spiro atoms. The van der Waals surface area contributed by atoms with E-state index in [9.17, 15) is 13.2 Å². The van der Waals surface area contributed by atoms with Gasteiger partial charge in [-0.05, 0) is 38.8 Å². The van der Waals surface area contributed by atoms with E-state index in [1.165, 1.54) is 0 Å². The molecule has 0 radical (unpaired) electrons. The molecule has 1 aromatic carbocycles. The summed E-state index contributed by atoms with van der Waals surface area (Å²) in [6.45, 7) is 7.61. The van der Waals surface area contributed by atoms with E-state index in [0.29, 0.717) is 12.0 Å². The van der Waals surface area contributed by atoms with Gasteiger partial charge in [0.05, 0.1) is 4.90 Å². The first-order chi connectivity index (χ1) is 10.2. The molecule has 5 nitrogen and oxygen atoms in total. The Balaban J connectivity index is 2.88. The maximum atomic E-state index is 12.5. The minimum Gasteiger partial charge on any atom is -0.352 e. The quantitative estimate of drug-likeness (QED) is 0.808. The fourth-order valence-electron chi connectivity index (χ4n) is 1.99. The summed E-state index contributed by atoms with van der Waals surface area (Å²) < 4.78 is 27.6. The monoisotopic (exact) mass is 326 g/mol. The highest BCUT2D eigenvalue weighted by atomic mass is 32.2. The SMILES string of the molecule is CCCCC(=O)NCc1ccccc1S(=O)(=O)NC(C)(C)C. The zero-order chi connectivity index (χ0) is 16.8. The third kappa shape index (κ3) is 6.15. The fourth-order valence-corrected chi connectivity index (χ4v) is 3.65. The average Bonchev–Trinajstić information content (AvgIpc) is 2.40. The van der Waals surface area contributed by atoms with Crippen molar-refractivity contribution in [1.29, 1.82) is 0 Å². The Morgan fingerprint density at radius 1 is 1.18 bits per heavy atom. The van der Waals surface area contributed by atoms with Crippen molar-refractivity contribution < 1.29 is 13.2 Å². The molecule has 0 saturated carbocycles. The van der Waals surface area contributed by atoms with Crippen LogP contribution in [-0.2, 0) is 21.4 Å². The lowest BCUT2D eigenvalue weighted by Gasteiger charge is -2.21. The van der Waals surface area contributed by atoms with E-state index in [1.807, 2.05) is 6.92 Å². The van der Waals surface area contributed by atoms with Gasteiger partial charge in [0.15, 0.2) is 0 Å². The van der Waals surface area contributed by atoms with Gasteiger partial charge in [-0.1, -0.05) is 31.5 Å². The second-order valence-corrected chi connectivity index (χ2v) is 7.99. The second-order valence-electron chi connectivity index (χ2n) is 6.34. The molecule has 0 unspecified atom stereocenters. The van der Waals surface area contributed by atoms with Crippen LogP contribution in [0.2, 0.25) is 0 Å². The van der Waals surface area contributed by atoms with Gasteiger partial charge in [0.25, 0.3) is 0 Å². The first kappa shape index (κ1) is 18.6. The molecule has 0 aliphatic rings. The van der Waals surface area contributed by atoms with Crippen molar-refractivity contribution >= 4 is 15.9 Å². The Morgan fingerprint density at radius 2 is 1.82 bits per heavy atom. The number of hydrogen-bond acceptors (Lipinski definition) is 3. The van der Waals surface area contributed by atoms with Crippen molar-refractivity contribution in [2.45, 2.75) is 63.9 Å². The van der Waals surface area contributed by atoms with E-state index in [-0.39, 0.29) is 17.3 Å². The zero-order valence-electron chi connectivity index (χ0n) is 13.8. The normalized spacial score (nSPS) is 12.2. The van der Waals surface area contributed by atoms with Crippen molar-refractivity contribution in [3.05, 3.63) is 29.8 Å². The maximum Gasteiger partial charge on any atom is 0.241 e. The number of sulfonamides is 1. The van der Waals surface area contributed by atoms with Crippen molar-refractivity contribution in [3.8, 4) is 0 Å². The van der Waals surface area contributed by atoms with E-state index in [1.54, 1.807) is 45.0 Å². The number of unbranched alkanes of at least 4 members (excludes halogenated alkanes) is 1. The number of benzene rings is 1. The summed E-state index contributed by atoms with van der Waals surface area (Å²) >= 11 is 0. The third-order valence-electron chi connectivity index (χ3n) is 2.94. The highest BCUT2D eigenvalue weighted by Crippen LogP contribution is 2.17. The molecule has 124 valence electrons. The Labute approximate surface area is 133 Å². The molecular formula is C16H26N2O3S. The molecule has 0 fully saturated rings. The molecule has 0 bridgehead atoms. The van der Waals surface area contributed by atoms with E-state index in [0.717, 1.165) is 12.8 Å². The van der Waals surface area contributed by atoms with Crippen LogP contribution in [0.5, 0.6) is 0 Å². The molecule has 2 N–H and O–H groups in total. The van der Waals surface area contributed by atoms with Crippen LogP contribution < -0.4 is 10.0 Å². The van der Waals surface area contributed by atoms with Gasteiger partial charge in [0, 0.05) is 18.5 Å². The van der Waals surface area contributed by atoms with E-state index < -0.39 is 15.6 Å². The van der Waals surface area contributed by atoms with Gasteiger partial charge in [0.2, 0.25) is 15.9 Å². The Hall–Kier alpha value is -1.40. The van der Waals surface area contributed by atoms with Crippen molar-refractivity contribution in [2.75, 3.05) is 0 Å². The molecule has 0 heterocycles. The molecule has 0 aliphatic heterocycles. The molecule has 1 aromatic rings. The molecule has 1 amide bonds. The second kappa shape index (κ2) is 7.74. The van der Waals surface area contributed by atoms with E-state index in [4.69, 9.17) is 0 Å². The van der Waals surface area contributed by atoms with Crippen LogP contribution in [-0.4, -0.2) is 19.9 Å². The lowest BCUT2D eigenvalue weighted by Crippen LogP contribution is -2.41. The lowest BCUT2D eigenvalue weighted by molar-refractivity contribution is -0.121. The van der Waals surface area contributed by atoms with Crippen LogP contribution >= 0.6 is 0 Å². The van der Waals surface area contributed by atoms with Crippen molar-refractivity contribution in [3.63, 3.8) is 0 Å². The van der Waals surface area contributed by atoms with Crippen LogP contribution in [0.3, 0.4) is 0 Å². The van der Waals surface area contributed by atoms with Crippen LogP contribution in [0.25, 0.3) is 0 Å². The number of amides is 1. The molecule has 1 rings (SSSR count). The van der Waals surface area contributed by atoms with Gasteiger partial charge >= 0.3 is 0 Å². The Kier molecular flexibility index (Phi) is 6.56. The fraction of sp³-hybridized carbons (Fsp3) is 0.562. The van der Waals surface area contributed by atoms with Crippen LogP contribution in [0, 0.1) is 0 Å². The van der Waals surface area contributed by atoms with Gasteiger partial charge in [-0.2, -0.15) is 0 Å². The summed E-state index contributed by atoms with van der Waals surface area (Å²) in [5.41, 5.74) is 0.0279. The summed E-state index contributed by atoms with van der Waals surface area (Å²) in [7, 11) is -3.61. The van der Waals surface area contributed by atoms with Gasteiger partial charge < -0.3 is 5.32 Å². The lowest BCUT2D eigenvalue weighted by atomic mass is 10.1. The largest absolute Gasteiger partial charge is 0.352 e. The van der Waals surface area contributed by atoms with Crippen LogP contribution in [0.15, 0.2) is 29.2 Å². The van der Waals surface area contributed by atoms with Crippen molar-refractivity contribution in [1.82, 2.24) is 10.0 Å². The first-order valence-corrected chi connectivity index (χ1v) is 9.02. The zero-order valence-corrected chi connectivity index (χ0v) is 14.6. The molecule has 6 heteroatoms. The average molecular weight is 326 g/mol. The Bertz CT molecular complexity index is 604. The summed E-state index contributed by atoms with van der Waals surface area (Å²) in [5, 5.41) is 2.78. The molecule has 0 aliphatic carbocycles. The summed E-state index contributed by atoms with van der Waals surface area (Å²) in [6, 6.07) is 6.72. The topological polar surface area (TPSA) is 75.3 Å². The summed E-state index contributed by atoms with van der Waals surface area (Å²) in [4.78, 5) is 11.9. The van der Waals surface area contributed by atoms with Crippen molar-refractivity contribution in [2.24, 2.45) is 0 Å². The number of nitrogens with one attached hydrogen (secondary N) is 2. The molecule has 0 atom stereocenters.